The standard InChI is InChI=1S/C27H44N2O8/c1-3-4-5-6-7-8-9-10-11-12-13-14-24(33)37-26(23-16-28-18-36-23)27-29-20(17-35-27)21(31)15-22(32)25(34)19(2)30/h16-19,21-22,25-26,30-32,34H,3-15H2,1-2H3/t19-,21+,22-,25+,26+/m1/s1. The van der Waals surface area contributed by atoms with Crippen LogP contribution in [0.25, 0.3) is 0 Å². The predicted molar refractivity (Wildman–Crippen MR) is 135 cm³/mol. The Kier molecular flexibility index (Phi) is 14.5. The Bertz CT molecular complexity index is 854. The number of esters is 1. The van der Waals surface area contributed by atoms with Crippen LogP contribution in [0.5, 0.6) is 0 Å². The Morgan fingerprint density at radius 1 is 0.946 bits per heavy atom. The fourth-order valence-electron chi connectivity index (χ4n) is 4.09. The summed E-state index contributed by atoms with van der Waals surface area (Å²) in [6, 6.07) is 0. The zero-order valence-electron chi connectivity index (χ0n) is 22.1. The third-order valence-electron chi connectivity index (χ3n) is 6.40. The Balaban J connectivity index is 1.79. The van der Waals surface area contributed by atoms with E-state index in [1.54, 1.807) is 0 Å². The number of nitrogens with zero attached hydrogens (tertiary/aromatic N) is 2. The maximum atomic E-state index is 12.5. The molecule has 0 aliphatic heterocycles. The first-order valence-corrected chi connectivity index (χ1v) is 13.6. The van der Waals surface area contributed by atoms with Crippen LogP contribution in [0.15, 0.2) is 27.7 Å². The van der Waals surface area contributed by atoms with Gasteiger partial charge >= 0.3 is 5.97 Å². The largest absolute Gasteiger partial charge is 0.445 e. The smallest absolute Gasteiger partial charge is 0.307 e. The number of aromatic nitrogens is 2. The van der Waals surface area contributed by atoms with Crippen LogP contribution in [0.1, 0.15) is 127 Å². The molecule has 0 spiro atoms. The van der Waals surface area contributed by atoms with Gasteiger partial charge in [0.25, 0.3) is 0 Å². The molecule has 5 atom stereocenters. The molecule has 0 saturated carbocycles. The molecule has 0 bridgehead atoms. The van der Waals surface area contributed by atoms with E-state index in [0.29, 0.717) is 0 Å². The van der Waals surface area contributed by atoms with Crippen molar-refractivity contribution in [2.24, 2.45) is 0 Å². The highest BCUT2D eigenvalue weighted by Gasteiger charge is 2.30. The second-order valence-electron chi connectivity index (χ2n) is 9.72. The van der Waals surface area contributed by atoms with Crippen LogP contribution in [0.4, 0.5) is 0 Å². The average Bonchev–Trinajstić information content (AvgIpc) is 3.58. The molecule has 0 aromatic carbocycles. The van der Waals surface area contributed by atoms with Crippen molar-refractivity contribution in [2.45, 2.75) is 128 Å². The number of carbonyl (C=O) groups excluding carboxylic acids is 1. The number of carbonyl (C=O) groups is 1. The van der Waals surface area contributed by atoms with E-state index in [9.17, 15) is 25.2 Å². The highest BCUT2D eigenvalue weighted by molar-refractivity contribution is 5.69. The number of hydrogen-bond acceptors (Lipinski definition) is 10. The summed E-state index contributed by atoms with van der Waals surface area (Å²) in [4.78, 5) is 20.6. The van der Waals surface area contributed by atoms with Gasteiger partial charge in [-0.25, -0.2) is 9.97 Å². The third-order valence-corrected chi connectivity index (χ3v) is 6.40. The summed E-state index contributed by atoms with van der Waals surface area (Å²) >= 11 is 0. The Labute approximate surface area is 219 Å². The molecule has 210 valence electrons. The van der Waals surface area contributed by atoms with Crippen LogP contribution in [-0.4, -0.2) is 54.7 Å². The van der Waals surface area contributed by atoms with Crippen LogP contribution in [0.2, 0.25) is 0 Å². The van der Waals surface area contributed by atoms with Crippen LogP contribution < -0.4 is 0 Å². The molecule has 0 fully saturated rings. The number of aliphatic hydroxyl groups excluding tert-OH is 4. The van der Waals surface area contributed by atoms with Crippen molar-refractivity contribution in [3.8, 4) is 0 Å². The van der Waals surface area contributed by atoms with E-state index in [1.165, 1.54) is 77.1 Å². The van der Waals surface area contributed by atoms with Gasteiger partial charge in [-0.05, 0) is 13.3 Å². The van der Waals surface area contributed by atoms with E-state index in [-0.39, 0.29) is 30.2 Å². The summed E-state index contributed by atoms with van der Waals surface area (Å²) < 4.78 is 16.3. The lowest BCUT2D eigenvalue weighted by molar-refractivity contribution is -0.149. The number of oxazole rings is 2. The van der Waals surface area contributed by atoms with Crippen molar-refractivity contribution < 1.29 is 38.8 Å². The van der Waals surface area contributed by atoms with Gasteiger partial charge in [0.2, 0.25) is 12.0 Å². The first kappa shape index (κ1) is 31.0. The van der Waals surface area contributed by atoms with Crippen molar-refractivity contribution >= 4 is 5.97 Å². The summed E-state index contributed by atoms with van der Waals surface area (Å²) in [6.07, 6.45) is 10.5. The molecular weight excluding hydrogens is 480 g/mol. The van der Waals surface area contributed by atoms with Crippen molar-refractivity contribution in [3.05, 3.63) is 36.2 Å². The Morgan fingerprint density at radius 2 is 1.57 bits per heavy atom. The number of hydrogen-bond donors (Lipinski definition) is 4. The fourth-order valence-corrected chi connectivity index (χ4v) is 4.09. The maximum Gasteiger partial charge on any atom is 0.307 e. The molecular formula is C27H44N2O8. The molecule has 2 aromatic heterocycles. The summed E-state index contributed by atoms with van der Waals surface area (Å²) in [7, 11) is 0. The minimum Gasteiger partial charge on any atom is -0.445 e. The third kappa shape index (κ3) is 11.3. The zero-order valence-corrected chi connectivity index (χ0v) is 22.1. The summed E-state index contributed by atoms with van der Waals surface area (Å²) in [5, 5.41) is 39.5. The molecule has 2 rings (SSSR count). The normalized spacial score (nSPS) is 15.7. The topological polar surface area (TPSA) is 159 Å². The second-order valence-corrected chi connectivity index (χ2v) is 9.72. The van der Waals surface area contributed by atoms with Gasteiger partial charge in [-0.15, -0.1) is 0 Å². The molecule has 2 heterocycles. The maximum absolute atomic E-state index is 12.5. The summed E-state index contributed by atoms with van der Waals surface area (Å²) in [5.74, 6) is -0.212. The molecule has 4 N–H and O–H groups in total. The fraction of sp³-hybridized carbons (Fsp3) is 0.741. The summed E-state index contributed by atoms with van der Waals surface area (Å²) in [5.41, 5.74) is 0.0813. The van der Waals surface area contributed by atoms with Crippen molar-refractivity contribution in [3.63, 3.8) is 0 Å². The van der Waals surface area contributed by atoms with Gasteiger partial charge in [0.05, 0.1) is 18.4 Å². The van der Waals surface area contributed by atoms with Crippen LogP contribution in [0, 0.1) is 0 Å². The van der Waals surface area contributed by atoms with E-state index in [2.05, 4.69) is 16.9 Å². The molecule has 2 aromatic rings. The number of rotatable bonds is 20. The number of ether oxygens (including phenoxy) is 1. The number of aliphatic hydroxyl groups is 4. The zero-order chi connectivity index (χ0) is 27.0. The van der Waals surface area contributed by atoms with Gasteiger partial charge < -0.3 is 34.0 Å². The highest BCUT2D eigenvalue weighted by atomic mass is 16.6. The lowest BCUT2D eigenvalue weighted by Crippen LogP contribution is -2.36. The quantitative estimate of drug-likeness (QED) is 0.143. The lowest BCUT2D eigenvalue weighted by atomic mass is 10.0. The molecule has 0 saturated heterocycles. The molecule has 0 aliphatic carbocycles. The van der Waals surface area contributed by atoms with Gasteiger partial charge in [0.15, 0.2) is 12.2 Å². The molecule has 0 radical (unpaired) electrons. The molecule has 0 aliphatic rings. The molecule has 37 heavy (non-hydrogen) atoms. The van der Waals surface area contributed by atoms with E-state index >= 15 is 0 Å². The van der Waals surface area contributed by atoms with Gasteiger partial charge in [-0.2, -0.15) is 0 Å². The van der Waals surface area contributed by atoms with Gasteiger partial charge in [0.1, 0.15) is 24.2 Å². The SMILES string of the molecule is CCCCCCCCCCCCCC(=O)O[C@@H](c1cnco1)c1nc([C@@H](O)C[C@@H](O)[C@@H](O)[C@@H](C)O)co1. The van der Waals surface area contributed by atoms with Gasteiger partial charge in [-0.1, -0.05) is 71.1 Å². The highest BCUT2D eigenvalue weighted by Crippen LogP contribution is 2.29. The van der Waals surface area contributed by atoms with Gasteiger partial charge in [-0.3, -0.25) is 4.79 Å². The van der Waals surface area contributed by atoms with E-state index in [4.69, 9.17) is 13.6 Å². The van der Waals surface area contributed by atoms with Crippen molar-refractivity contribution in [1.82, 2.24) is 9.97 Å². The minimum atomic E-state index is -1.42. The van der Waals surface area contributed by atoms with Crippen LogP contribution in [-0.2, 0) is 9.53 Å². The van der Waals surface area contributed by atoms with Gasteiger partial charge in [0, 0.05) is 12.8 Å². The lowest BCUT2D eigenvalue weighted by Gasteiger charge is -2.21. The number of unbranched alkanes of at least 4 members (excludes halogenated alkanes) is 10. The summed E-state index contributed by atoms with van der Waals surface area (Å²) in [6.45, 7) is 3.56. The average molecular weight is 525 g/mol. The van der Waals surface area contributed by atoms with Crippen molar-refractivity contribution in [2.75, 3.05) is 0 Å². The Hall–Kier alpha value is -2.27. The molecule has 0 unspecified atom stereocenters. The molecule has 10 heteroatoms. The monoisotopic (exact) mass is 524 g/mol. The second kappa shape index (κ2) is 17.3. The van der Waals surface area contributed by atoms with Crippen LogP contribution in [0.3, 0.4) is 0 Å². The Morgan fingerprint density at radius 3 is 2.14 bits per heavy atom. The van der Waals surface area contributed by atoms with E-state index < -0.39 is 36.5 Å². The first-order valence-electron chi connectivity index (χ1n) is 13.6. The molecule has 10 nitrogen and oxygen atoms in total. The predicted octanol–water partition coefficient (Wildman–Crippen LogP) is 4.52. The minimum absolute atomic E-state index is 0.0105. The van der Waals surface area contributed by atoms with Crippen molar-refractivity contribution in [1.29, 1.82) is 0 Å². The first-order chi connectivity index (χ1) is 17.8. The van der Waals surface area contributed by atoms with Crippen LogP contribution >= 0.6 is 0 Å². The molecule has 0 amide bonds. The van der Waals surface area contributed by atoms with E-state index in [0.717, 1.165) is 19.3 Å². The van der Waals surface area contributed by atoms with E-state index in [1.807, 2.05) is 0 Å².